The number of carbonyl (C=O) groups excluding carboxylic acids is 2. The molecule has 0 fully saturated rings. The summed E-state index contributed by atoms with van der Waals surface area (Å²) in [6, 6.07) is 12.1. The minimum absolute atomic E-state index is 0.177. The van der Waals surface area contributed by atoms with E-state index in [1.807, 2.05) is 6.07 Å². The minimum Gasteiger partial charge on any atom is -0.293 e. The van der Waals surface area contributed by atoms with Crippen LogP contribution in [0.4, 0.5) is 0 Å². The zero-order chi connectivity index (χ0) is 12.3. The van der Waals surface area contributed by atoms with E-state index in [1.165, 1.54) is 13.1 Å². The van der Waals surface area contributed by atoms with Crippen molar-refractivity contribution in [2.45, 2.75) is 6.92 Å². The molecule has 0 N–H and O–H groups in total. The average Bonchev–Trinajstić information content (AvgIpc) is 2.39. The normalized spacial score (nSPS) is 9.94. The summed E-state index contributed by atoms with van der Waals surface area (Å²) < 4.78 is 0. The Hall–Kier alpha value is -2.29. The van der Waals surface area contributed by atoms with Gasteiger partial charge in [0.1, 0.15) is 5.69 Å². The SMILES string of the molecule is CC(=O)c1ncccc1C(=O)c1ccccc1. The topological polar surface area (TPSA) is 47.0 Å². The van der Waals surface area contributed by atoms with Gasteiger partial charge in [-0.1, -0.05) is 30.3 Å². The Morgan fingerprint density at radius 1 is 1.00 bits per heavy atom. The molecule has 0 aliphatic rings. The van der Waals surface area contributed by atoms with Gasteiger partial charge in [0.2, 0.25) is 0 Å². The molecular formula is C14H11NO2. The summed E-state index contributed by atoms with van der Waals surface area (Å²) in [4.78, 5) is 27.5. The molecule has 0 radical (unpaired) electrons. The van der Waals surface area contributed by atoms with Crippen LogP contribution in [0.2, 0.25) is 0 Å². The van der Waals surface area contributed by atoms with Gasteiger partial charge in [0.25, 0.3) is 0 Å². The largest absolute Gasteiger partial charge is 0.293 e. The Morgan fingerprint density at radius 2 is 1.71 bits per heavy atom. The predicted molar refractivity (Wildman–Crippen MR) is 64.1 cm³/mol. The lowest BCUT2D eigenvalue weighted by atomic mass is 10.0. The third-order valence-corrected chi connectivity index (χ3v) is 2.42. The number of Topliss-reactive ketones (excluding diaryl/α,β-unsaturated/α-hetero) is 1. The highest BCUT2D eigenvalue weighted by atomic mass is 16.1. The summed E-state index contributed by atoms with van der Waals surface area (Å²) >= 11 is 0. The van der Waals surface area contributed by atoms with E-state index in [4.69, 9.17) is 0 Å². The second-order valence-corrected chi connectivity index (χ2v) is 3.65. The third-order valence-electron chi connectivity index (χ3n) is 2.42. The molecule has 0 aliphatic heterocycles. The van der Waals surface area contributed by atoms with Crippen LogP contribution in [-0.2, 0) is 0 Å². The summed E-state index contributed by atoms with van der Waals surface area (Å²) in [5.74, 6) is -0.381. The maximum Gasteiger partial charge on any atom is 0.195 e. The molecule has 0 saturated carbocycles. The summed E-state index contributed by atoms with van der Waals surface area (Å²) in [6.07, 6.45) is 1.51. The van der Waals surface area contributed by atoms with Gasteiger partial charge in [-0.05, 0) is 12.1 Å². The number of ketones is 2. The van der Waals surface area contributed by atoms with E-state index in [0.29, 0.717) is 11.1 Å². The Balaban J connectivity index is 2.48. The van der Waals surface area contributed by atoms with Gasteiger partial charge in [-0.15, -0.1) is 0 Å². The first-order chi connectivity index (χ1) is 8.20. The van der Waals surface area contributed by atoms with Crippen molar-refractivity contribution >= 4 is 11.6 Å². The van der Waals surface area contributed by atoms with Crippen LogP contribution in [0.1, 0.15) is 33.3 Å². The Bertz CT molecular complexity index is 561. The lowest BCUT2D eigenvalue weighted by Gasteiger charge is -2.04. The van der Waals surface area contributed by atoms with Crippen LogP contribution in [-0.4, -0.2) is 16.6 Å². The molecule has 1 aromatic carbocycles. The van der Waals surface area contributed by atoms with Gasteiger partial charge >= 0.3 is 0 Å². The molecule has 3 heteroatoms. The lowest BCUT2D eigenvalue weighted by molar-refractivity contribution is 0.0986. The van der Waals surface area contributed by atoms with Crippen molar-refractivity contribution in [2.75, 3.05) is 0 Å². The van der Waals surface area contributed by atoms with Gasteiger partial charge in [-0.25, -0.2) is 0 Å². The monoisotopic (exact) mass is 225 g/mol. The summed E-state index contributed by atoms with van der Waals surface area (Å²) in [7, 11) is 0. The van der Waals surface area contributed by atoms with Gasteiger partial charge < -0.3 is 0 Å². The van der Waals surface area contributed by atoms with Crippen LogP contribution in [0.15, 0.2) is 48.7 Å². The maximum absolute atomic E-state index is 12.2. The summed E-state index contributed by atoms with van der Waals surface area (Å²) in [5, 5.41) is 0. The number of hydrogen-bond acceptors (Lipinski definition) is 3. The first kappa shape index (κ1) is 11.2. The molecular weight excluding hydrogens is 214 g/mol. The van der Waals surface area contributed by atoms with Crippen molar-refractivity contribution in [1.29, 1.82) is 0 Å². The molecule has 17 heavy (non-hydrogen) atoms. The molecule has 0 atom stereocenters. The van der Waals surface area contributed by atoms with E-state index in [9.17, 15) is 9.59 Å². The molecule has 0 spiro atoms. The molecule has 1 heterocycles. The Morgan fingerprint density at radius 3 is 2.35 bits per heavy atom. The van der Waals surface area contributed by atoms with E-state index in [0.717, 1.165) is 0 Å². The number of rotatable bonds is 3. The number of hydrogen-bond donors (Lipinski definition) is 0. The average molecular weight is 225 g/mol. The highest BCUT2D eigenvalue weighted by Crippen LogP contribution is 2.13. The smallest absolute Gasteiger partial charge is 0.195 e. The standard InChI is InChI=1S/C14H11NO2/c1-10(16)13-12(8-5-9-15-13)14(17)11-6-3-2-4-7-11/h2-9H,1H3. The molecule has 0 saturated heterocycles. The first-order valence-electron chi connectivity index (χ1n) is 5.26. The highest BCUT2D eigenvalue weighted by Gasteiger charge is 2.16. The molecule has 2 rings (SSSR count). The zero-order valence-electron chi connectivity index (χ0n) is 9.38. The van der Waals surface area contributed by atoms with Crippen LogP contribution >= 0.6 is 0 Å². The van der Waals surface area contributed by atoms with Gasteiger partial charge in [0, 0.05) is 18.7 Å². The second kappa shape index (κ2) is 4.70. The van der Waals surface area contributed by atoms with E-state index < -0.39 is 0 Å². The zero-order valence-corrected chi connectivity index (χ0v) is 9.38. The lowest BCUT2D eigenvalue weighted by Crippen LogP contribution is -2.09. The maximum atomic E-state index is 12.2. The van der Waals surface area contributed by atoms with E-state index in [1.54, 1.807) is 36.4 Å². The molecule has 0 unspecified atom stereocenters. The highest BCUT2D eigenvalue weighted by molar-refractivity contribution is 6.14. The van der Waals surface area contributed by atoms with Gasteiger partial charge in [-0.3, -0.25) is 14.6 Å². The van der Waals surface area contributed by atoms with Crippen molar-refractivity contribution in [3.05, 3.63) is 65.5 Å². The minimum atomic E-state index is -0.204. The third kappa shape index (κ3) is 2.28. The van der Waals surface area contributed by atoms with Crippen LogP contribution in [0.3, 0.4) is 0 Å². The summed E-state index contributed by atoms with van der Waals surface area (Å²) in [5.41, 5.74) is 1.13. The van der Waals surface area contributed by atoms with E-state index >= 15 is 0 Å². The fourth-order valence-electron chi connectivity index (χ4n) is 1.61. The number of pyridine rings is 1. The predicted octanol–water partition coefficient (Wildman–Crippen LogP) is 2.52. The van der Waals surface area contributed by atoms with E-state index in [-0.39, 0.29) is 17.3 Å². The molecule has 0 aliphatic carbocycles. The number of nitrogens with zero attached hydrogens (tertiary/aromatic N) is 1. The van der Waals surface area contributed by atoms with Crippen molar-refractivity contribution < 1.29 is 9.59 Å². The molecule has 0 bridgehead atoms. The van der Waals surface area contributed by atoms with Crippen molar-refractivity contribution in [2.24, 2.45) is 0 Å². The van der Waals surface area contributed by atoms with Crippen molar-refractivity contribution in [1.82, 2.24) is 4.98 Å². The number of aromatic nitrogens is 1. The fraction of sp³-hybridized carbons (Fsp3) is 0.0714. The first-order valence-corrected chi connectivity index (χ1v) is 5.26. The molecule has 2 aromatic rings. The van der Waals surface area contributed by atoms with Crippen LogP contribution in [0, 0.1) is 0 Å². The van der Waals surface area contributed by atoms with Crippen molar-refractivity contribution in [3.8, 4) is 0 Å². The van der Waals surface area contributed by atoms with Gasteiger partial charge in [0.05, 0.1) is 5.56 Å². The molecule has 1 aromatic heterocycles. The summed E-state index contributed by atoms with van der Waals surface area (Å²) in [6.45, 7) is 1.41. The van der Waals surface area contributed by atoms with Gasteiger partial charge in [-0.2, -0.15) is 0 Å². The molecule has 3 nitrogen and oxygen atoms in total. The fourth-order valence-corrected chi connectivity index (χ4v) is 1.61. The Kier molecular flexibility index (Phi) is 3.10. The number of benzene rings is 1. The van der Waals surface area contributed by atoms with Crippen molar-refractivity contribution in [3.63, 3.8) is 0 Å². The molecule has 0 amide bonds. The second-order valence-electron chi connectivity index (χ2n) is 3.65. The quantitative estimate of drug-likeness (QED) is 0.754. The van der Waals surface area contributed by atoms with Gasteiger partial charge in [0.15, 0.2) is 11.6 Å². The number of carbonyl (C=O) groups is 2. The Labute approximate surface area is 99.1 Å². The molecule has 84 valence electrons. The van der Waals surface area contributed by atoms with E-state index in [2.05, 4.69) is 4.98 Å². The van der Waals surface area contributed by atoms with Crippen LogP contribution < -0.4 is 0 Å². The van der Waals surface area contributed by atoms with Crippen LogP contribution in [0.5, 0.6) is 0 Å². The van der Waals surface area contributed by atoms with Crippen LogP contribution in [0.25, 0.3) is 0 Å².